The second-order valence-electron chi connectivity index (χ2n) is 28.8. The molecule has 3 fully saturated rings. The third-order valence-corrected chi connectivity index (χ3v) is 18.9. The van der Waals surface area contributed by atoms with Gasteiger partial charge in [-0.2, -0.15) is 0 Å². The first kappa shape index (κ1) is 83.2. The molecule has 3 saturated heterocycles. The van der Waals surface area contributed by atoms with Gasteiger partial charge in [-0.05, 0) is 128 Å². The van der Waals surface area contributed by atoms with E-state index in [4.69, 9.17) is 20.0 Å². The minimum atomic E-state index is -1.38. The number of likely N-dealkylation sites (N-methyl/N-ethyl adjacent to an activating group) is 6. The van der Waals surface area contributed by atoms with E-state index in [1.807, 2.05) is 48.5 Å². The van der Waals surface area contributed by atoms with Crippen molar-refractivity contribution in [3.63, 3.8) is 0 Å². The number of morpholine rings is 1. The number of unbranched alkanes of at least 4 members (excludes halogenated alkanes) is 2. The van der Waals surface area contributed by atoms with E-state index in [1.54, 1.807) is 41.5 Å². The lowest BCUT2D eigenvalue weighted by atomic mass is 9.88. The number of hydrogen-bond acceptors (Lipinski definition) is 16. The van der Waals surface area contributed by atoms with Crippen molar-refractivity contribution in [2.75, 3.05) is 88.3 Å². The van der Waals surface area contributed by atoms with Crippen LogP contribution >= 0.6 is 0 Å². The number of fused-ring (bicyclic) bond motifs is 1. The van der Waals surface area contributed by atoms with Gasteiger partial charge in [0.15, 0.2) is 6.04 Å². The predicted octanol–water partition coefficient (Wildman–Crippen LogP) is 2.61. The number of carbonyl (C=O) groups excluding carboxylic acids is 11. The van der Waals surface area contributed by atoms with Gasteiger partial charge in [0, 0.05) is 62.0 Å². The first-order valence-corrected chi connectivity index (χ1v) is 34.8. The zero-order valence-corrected chi connectivity index (χ0v) is 61.7. The zero-order chi connectivity index (χ0) is 72.2. The molecule has 3 heterocycles. The van der Waals surface area contributed by atoms with E-state index in [0.717, 1.165) is 31.1 Å². The Kier molecular flexibility index (Phi) is 34.0. The van der Waals surface area contributed by atoms with E-state index in [1.165, 1.54) is 92.5 Å². The van der Waals surface area contributed by atoms with Gasteiger partial charge in [0.05, 0.1) is 19.3 Å². The number of nitrogens with zero attached hydrogens (tertiary/aromatic N) is 8. The van der Waals surface area contributed by atoms with E-state index in [0.29, 0.717) is 45.4 Å². The summed E-state index contributed by atoms with van der Waals surface area (Å²) in [6.07, 6.45) is 2.06. The number of nitrogens with two attached hydrogens (primary N) is 1. The van der Waals surface area contributed by atoms with Gasteiger partial charge in [-0.3, -0.25) is 62.5 Å². The van der Waals surface area contributed by atoms with Gasteiger partial charge in [-0.1, -0.05) is 89.5 Å². The number of hydrogen-bond donors (Lipinski definition) is 5. The van der Waals surface area contributed by atoms with Gasteiger partial charge in [0.25, 0.3) is 5.91 Å². The molecule has 0 aromatic rings. The zero-order valence-electron chi connectivity index (χ0n) is 61.7. The normalized spacial score (nSPS) is 28.4. The molecule has 27 heteroatoms. The molecule has 3 rings (SSSR count). The van der Waals surface area contributed by atoms with Crippen LogP contribution in [0.15, 0.2) is 0 Å². The molecule has 6 N–H and O–H groups in total. The van der Waals surface area contributed by atoms with Crippen molar-refractivity contribution in [1.29, 1.82) is 0 Å². The molecule has 0 aromatic carbocycles. The molecular weight excluding hydrogens is 1220 g/mol. The number of amides is 11. The summed E-state index contributed by atoms with van der Waals surface area (Å²) in [6, 6.07) is -13.6. The van der Waals surface area contributed by atoms with Gasteiger partial charge in [0.2, 0.25) is 59.1 Å². The fraction of sp³-hybridized carbons (Fsp3) is 0.838. The summed E-state index contributed by atoms with van der Waals surface area (Å²) in [5, 5.41) is 12.2. The molecule has 0 aliphatic carbocycles. The fourth-order valence-electron chi connectivity index (χ4n) is 12.7. The van der Waals surface area contributed by atoms with E-state index < -0.39 is 155 Å². The third-order valence-electron chi connectivity index (χ3n) is 18.9. The molecule has 95 heavy (non-hydrogen) atoms. The van der Waals surface area contributed by atoms with E-state index >= 15 is 19.2 Å². The summed E-state index contributed by atoms with van der Waals surface area (Å²) in [5.41, 5.74) is 5.86. The van der Waals surface area contributed by atoms with Crippen LogP contribution in [0.3, 0.4) is 0 Å². The molecule has 544 valence electrons. The lowest BCUT2D eigenvalue weighted by Crippen LogP contribution is -2.72. The topological polar surface area (TPSA) is 316 Å². The van der Waals surface area contributed by atoms with Crippen molar-refractivity contribution in [2.24, 2.45) is 41.2 Å². The van der Waals surface area contributed by atoms with Crippen LogP contribution < -0.4 is 27.0 Å². The Bertz CT molecular complexity index is 2570. The Morgan fingerprint density at radius 2 is 1.02 bits per heavy atom. The average Bonchev–Trinajstić information content (AvgIpc) is 0.756. The maximum Gasteiger partial charge on any atom is 0.270 e. The van der Waals surface area contributed by atoms with Crippen molar-refractivity contribution in [3.05, 3.63) is 0 Å². The summed E-state index contributed by atoms with van der Waals surface area (Å²) >= 11 is 0. The van der Waals surface area contributed by atoms with Gasteiger partial charge in [-0.15, -0.1) is 0 Å². The molecule has 27 nitrogen and oxygen atoms in total. The van der Waals surface area contributed by atoms with Crippen molar-refractivity contribution >= 4 is 65.0 Å². The third kappa shape index (κ3) is 22.8. The molecule has 14 atom stereocenters. The maximum atomic E-state index is 15.2. The van der Waals surface area contributed by atoms with Crippen molar-refractivity contribution < 1.29 is 67.1 Å². The minimum absolute atomic E-state index is 0.0501. The standard InChI is InChI=1S/C68H123N13O14/c1-23-49-64(88)74(17)47(15)63(87)79(22)55(48(16)94-33-27-26-30-80-31-34-93-35-32-80)60(84)73-53(42(8)9)67(91)75(18)50(36-39(2)3)59(83)70-45(13)58(82)71-46(14)62(86)76(19)51(37-40(4)5)65(89)77(20)52(38-41(6)7)66(90)78(21)54(43(10)11)68(92)81-56(61(85)72-49)57(95-81)44(12)28-24-25-29-69/h39-57H,23-38,69H2,1-22H3,(H,70,83)(H,71,82)(H,72,85)(H,73,84)/t44-,45+,46-,47-,48-,49+,50+,51+,52+,53+,54+,55+,56+,57-/m1/s1. The van der Waals surface area contributed by atoms with Crippen molar-refractivity contribution in [1.82, 2.24) is 60.6 Å². The molecule has 0 aromatic heterocycles. The van der Waals surface area contributed by atoms with Crippen molar-refractivity contribution in [3.8, 4) is 0 Å². The van der Waals surface area contributed by atoms with Crippen LogP contribution in [-0.4, -0.2) is 271 Å². The fourth-order valence-corrected chi connectivity index (χ4v) is 12.7. The van der Waals surface area contributed by atoms with Gasteiger partial charge < -0.3 is 65.9 Å². The van der Waals surface area contributed by atoms with E-state index in [2.05, 4.69) is 26.2 Å². The minimum Gasteiger partial charge on any atom is -0.379 e. The Morgan fingerprint density at radius 1 is 0.505 bits per heavy atom. The smallest absolute Gasteiger partial charge is 0.270 e. The van der Waals surface area contributed by atoms with Crippen LogP contribution in [0.1, 0.15) is 169 Å². The molecule has 3 aliphatic heterocycles. The van der Waals surface area contributed by atoms with E-state index in [-0.39, 0.29) is 56.0 Å². The highest BCUT2D eigenvalue weighted by molar-refractivity contribution is 6.00. The first-order valence-electron chi connectivity index (χ1n) is 34.8. The Labute approximate surface area is 567 Å². The highest BCUT2D eigenvalue weighted by Crippen LogP contribution is 2.34. The Balaban J connectivity index is 2.28. The highest BCUT2D eigenvalue weighted by Gasteiger charge is 2.55. The Hall–Kier alpha value is -6.03. The molecule has 0 spiro atoms. The first-order chi connectivity index (χ1) is 44.4. The molecule has 0 bridgehead atoms. The monoisotopic (exact) mass is 1350 g/mol. The van der Waals surface area contributed by atoms with Gasteiger partial charge in [0.1, 0.15) is 66.5 Å². The molecule has 11 amide bonds. The summed E-state index contributed by atoms with van der Waals surface area (Å²) in [4.78, 5) is 179. The van der Waals surface area contributed by atoms with Crippen LogP contribution in [0, 0.1) is 35.5 Å². The van der Waals surface area contributed by atoms with Crippen LogP contribution in [0.4, 0.5) is 0 Å². The lowest BCUT2D eigenvalue weighted by Gasteiger charge is -2.50. The van der Waals surface area contributed by atoms with Crippen LogP contribution in [0.5, 0.6) is 0 Å². The molecule has 3 aliphatic rings. The highest BCUT2D eigenvalue weighted by atomic mass is 16.7. The summed E-state index contributed by atoms with van der Waals surface area (Å²) < 4.78 is 11.9. The number of rotatable bonds is 21. The van der Waals surface area contributed by atoms with Crippen LogP contribution in [0.25, 0.3) is 0 Å². The summed E-state index contributed by atoms with van der Waals surface area (Å²) in [5.74, 6) is -9.27. The predicted molar refractivity (Wildman–Crippen MR) is 362 cm³/mol. The number of hydroxylamine groups is 2. The van der Waals surface area contributed by atoms with Crippen LogP contribution in [0.2, 0.25) is 0 Å². The number of carbonyl (C=O) groups is 11. The number of nitrogens with one attached hydrogen (secondary N) is 4. The largest absolute Gasteiger partial charge is 0.379 e. The summed E-state index contributed by atoms with van der Waals surface area (Å²) in [7, 11) is 8.66. The van der Waals surface area contributed by atoms with Crippen LogP contribution in [-0.2, 0) is 67.1 Å². The molecule has 0 radical (unpaired) electrons. The van der Waals surface area contributed by atoms with E-state index in [9.17, 15) is 33.6 Å². The van der Waals surface area contributed by atoms with Crippen molar-refractivity contribution in [2.45, 2.75) is 247 Å². The lowest BCUT2D eigenvalue weighted by molar-refractivity contribution is -0.322. The quantitative estimate of drug-likeness (QED) is 0.103. The molecular formula is C68H123N13O14. The molecule has 0 saturated carbocycles. The SMILES string of the molecule is CC[C@@H]1NC(=O)[C@@H]2[C@@H]([C@H](C)CCCCN)ON2C(=O)[C@H](C(C)C)N(C)C(=O)[C@H](CC(C)C)N(C)C(=O)[C@H](CC(C)C)N(C)C(=O)[C@@H](C)NC(=O)[C@H](C)NC(=O)[C@H](CC(C)C)N(C)C(=O)[C@H](C(C)C)NC(=O)[C@H]([C@@H](C)OCCCCN2CCOCC2)N(C)C(=O)[C@@H](C)N(C)C1=O. The van der Waals surface area contributed by atoms with Gasteiger partial charge >= 0.3 is 0 Å². The second-order valence-corrected chi connectivity index (χ2v) is 28.8. The Morgan fingerprint density at radius 3 is 1.55 bits per heavy atom. The molecule has 0 unspecified atom stereocenters. The summed E-state index contributed by atoms with van der Waals surface area (Å²) in [6.45, 7) is 32.2. The maximum absolute atomic E-state index is 15.2. The second kappa shape index (κ2) is 38.8. The number of ether oxygens (including phenoxy) is 2. The average molecular weight is 1350 g/mol. The van der Waals surface area contributed by atoms with Gasteiger partial charge in [-0.25, -0.2) is 5.06 Å².